The average Bonchev–Trinajstić information content (AvgIpc) is 2.80. The lowest BCUT2D eigenvalue weighted by Crippen LogP contribution is -2.30. The van der Waals surface area contributed by atoms with Gasteiger partial charge >= 0.3 is 0 Å². The lowest BCUT2D eigenvalue weighted by Gasteiger charge is -2.16. The first-order valence-electron chi connectivity index (χ1n) is 5.81. The maximum absolute atomic E-state index is 11.9. The number of nitrogens with zero attached hydrogens (tertiary/aromatic N) is 1. The third kappa shape index (κ3) is 2.30. The average molecular weight is 248 g/mol. The van der Waals surface area contributed by atoms with E-state index in [1.54, 1.807) is 31.2 Å². The minimum atomic E-state index is -0.260. The molecule has 1 N–H and O–H groups in total. The number of rotatable bonds is 3. The SMILES string of the molecule is CNC(=O)C1CC(=O)N(c2ccc(OC)cc2)C1. The van der Waals surface area contributed by atoms with E-state index in [0.717, 1.165) is 11.4 Å². The van der Waals surface area contributed by atoms with Crippen LogP contribution >= 0.6 is 0 Å². The molecule has 2 amide bonds. The van der Waals surface area contributed by atoms with E-state index in [1.807, 2.05) is 12.1 Å². The summed E-state index contributed by atoms with van der Waals surface area (Å²) in [5, 5.41) is 2.58. The normalized spacial score (nSPS) is 18.9. The molecular weight excluding hydrogens is 232 g/mol. The standard InChI is InChI=1S/C13H16N2O3/c1-14-13(17)9-7-12(16)15(8-9)10-3-5-11(18-2)6-4-10/h3-6,9H,7-8H2,1-2H3,(H,14,17). The van der Waals surface area contributed by atoms with Crippen molar-refractivity contribution >= 4 is 17.5 Å². The van der Waals surface area contributed by atoms with Crippen molar-refractivity contribution in [3.63, 3.8) is 0 Å². The Bertz CT molecular complexity index is 456. The summed E-state index contributed by atoms with van der Waals surface area (Å²) in [5.41, 5.74) is 0.798. The van der Waals surface area contributed by atoms with Gasteiger partial charge in [0.2, 0.25) is 11.8 Å². The molecule has 1 atom stereocenters. The van der Waals surface area contributed by atoms with Crippen LogP contribution in [0, 0.1) is 5.92 Å². The fourth-order valence-corrected chi connectivity index (χ4v) is 2.10. The molecule has 0 radical (unpaired) electrons. The van der Waals surface area contributed by atoms with Crippen molar-refractivity contribution in [3.05, 3.63) is 24.3 Å². The highest BCUT2D eigenvalue weighted by Crippen LogP contribution is 2.26. The van der Waals surface area contributed by atoms with Gasteiger partial charge in [-0.3, -0.25) is 9.59 Å². The predicted molar refractivity (Wildman–Crippen MR) is 67.5 cm³/mol. The minimum absolute atomic E-state index is 0.0197. The number of methoxy groups -OCH3 is 1. The topological polar surface area (TPSA) is 58.6 Å². The van der Waals surface area contributed by atoms with Crippen molar-refractivity contribution in [2.75, 3.05) is 25.6 Å². The van der Waals surface area contributed by atoms with Gasteiger partial charge in [0.1, 0.15) is 5.75 Å². The number of carbonyl (C=O) groups is 2. The maximum atomic E-state index is 11.9. The van der Waals surface area contributed by atoms with Crippen LogP contribution in [-0.4, -0.2) is 32.5 Å². The number of nitrogens with one attached hydrogen (secondary N) is 1. The molecule has 1 saturated heterocycles. The Morgan fingerprint density at radius 3 is 2.61 bits per heavy atom. The Kier molecular flexibility index (Phi) is 3.50. The van der Waals surface area contributed by atoms with Gasteiger partial charge in [0.25, 0.3) is 0 Å². The van der Waals surface area contributed by atoms with Crippen LogP contribution in [0.15, 0.2) is 24.3 Å². The molecule has 18 heavy (non-hydrogen) atoms. The van der Waals surface area contributed by atoms with Gasteiger partial charge in [-0.2, -0.15) is 0 Å². The van der Waals surface area contributed by atoms with Crippen LogP contribution in [-0.2, 0) is 9.59 Å². The van der Waals surface area contributed by atoms with Crippen LogP contribution in [0.3, 0.4) is 0 Å². The molecule has 1 aromatic carbocycles. The van der Waals surface area contributed by atoms with Crippen LogP contribution in [0.1, 0.15) is 6.42 Å². The summed E-state index contributed by atoms with van der Waals surface area (Å²) in [7, 11) is 3.18. The molecule has 0 aromatic heterocycles. The first-order valence-corrected chi connectivity index (χ1v) is 5.81. The Morgan fingerprint density at radius 1 is 1.39 bits per heavy atom. The van der Waals surface area contributed by atoms with E-state index in [4.69, 9.17) is 4.74 Å². The summed E-state index contributed by atoms with van der Waals surface area (Å²) < 4.78 is 5.07. The number of carbonyl (C=O) groups excluding carboxylic acids is 2. The van der Waals surface area contributed by atoms with Crippen LogP contribution in [0.25, 0.3) is 0 Å². The molecule has 0 bridgehead atoms. The van der Waals surface area contributed by atoms with E-state index in [0.29, 0.717) is 6.54 Å². The lowest BCUT2D eigenvalue weighted by atomic mass is 10.1. The van der Waals surface area contributed by atoms with Gasteiger partial charge in [-0.15, -0.1) is 0 Å². The molecule has 0 saturated carbocycles. The summed E-state index contributed by atoms with van der Waals surface area (Å²) in [6, 6.07) is 7.25. The zero-order valence-corrected chi connectivity index (χ0v) is 10.5. The number of hydrogen-bond donors (Lipinski definition) is 1. The highest BCUT2D eigenvalue weighted by molar-refractivity contribution is 6.00. The number of amides is 2. The first kappa shape index (κ1) is 12.4. The van der Waals surface area contributed by atoms with Gasteiger partial charge in [0.05, 0.1) is 13.0 Å². The van der Waals surface area contributed by atoms with E-state index in [-0.39, 0.29) is 24.2 Å². The highest BCUT2D eigenvalue weighted by atomic mass is 16.5. The Labute approximate surface area is 106 Å². The van der Waals surface area contributed by atoms with Crippen LogP contribution in [0.2, 0.25) is 0 Å². The van der Waals surface area contributed by atoms with Crippen molar-refractivity contribution in [2.45, 2.75) is 6.42 Å². The van der Waals surface area contributed by atoms with Gasteiger partial charge in [-0.1, -0.05) is 0 Å². The third-order valence-corrected chi connectivity index (χ3v) is 3.13. The second kappa shape index (κ2) is 5.08. The van der Waals surface area contributed by atoms with Crippen molar-refractivity contribution in [2.24, 2.45) is 5.92 Å². The zero-order valence-electron chi connectivity index (χ0n) is 10.5. The number of hydrogen-bond acceptors (Lipinski definition) is 3. The van der Waals surface area contributed by atoms with Crippen molar-refractivity contribution in [1.82, 2.24) is 5.32 Å². The number of anilines is 1. The van der Waals surface area contributed by atoms with Gasteiger partial charge < -0.3 is 15.0 Å². The van der Waals surface area contributed by atoms with Crippen molar-refractivity contribution in [3.8, 4) is 5.75 Å². The quantitative estimate of drug-likeness (QED) is 0.860. The van der Waals surface area contributed by atoms with E-state index >= 15 is 0 Å². The molecule has 1 aliphatic heterocycles. The minimum Gasteiger partial charge on any atom is -0.497 e. The molecule has 0 spiro atoms. The molecule has 2 rings (SSSR count). The van der Waals surface area contributed by atoms with Gasteiger partial charge in [0, 0.05) is 25.7 Å². The summed E-state index contributed by atoms with van der Waals surface area (Å²) in [6.07, 6.45) is 0.270. The summed E-state index contributed by atoms with van der Waals surface area (Å²) in [6.45, 7) is 0.435. The summed E-state index contributed by atoms with van der Waals surface area (Å²) in [4.78, 5) is 25.0. The molecule has 1 fully saturated rings. The zero-order chi connectivity index (χ0) is 13.1. The van der Waals surface area contributed by atoms with Crippen LogP contribution < -0.4 is 15.0 Å². The smallest absolute Gasteiger partial charge is 0.227 e. The third-order valence-electron chi connectivity index (χ3n) is 3.13. The summed E-state index contributed by atoms with van der Waals surface area (Å²) in [5.74, 6) is 0.381. The maximum Gasteiger partial charge on any atom is 0.227 e. The lowest BCUT2D eigenvalue weighted by molar-refractivity contribution is -0.125. The molecule has 5 nitrogen and oxygen atoms in total. The molecule has 1 unspecified atom stereocenters. The van der Waals surface area contributed by atoms with E-state index in [2.05, 4.69) is 5.32 Å². The van der Waals surface area contributed by atoms with E-state index in [9.17, 15) is 9.59 Å². The van der Waals surface area contributed by atoms with Crippen LogP contribution in [0.4, 0.5) is 5.69 Å². The second-order valence-electron chi connectivity index (χ2n) is 4.22. The van der Waals surface area contributed by atoms with Crippen molar-refractivity contribution < 1.29 is 14.3 Å². The Balaban J connectivity index is 2.13. The second-order valence-corrected chi connectivity index (χ2v) is 4.22. The van der Waals surface area contributed by atoms with Crippen molar-refractivity contribution in [1.29, 1.82) is 0 Å². The monoisotopic (exact) mass is 248 g/mol. The van der Waals surface area contributed by atoms with Gasteiger partial charge in [-0.05, 0) is 24.3 Å². The fraction of sp³-hybridized carbons (Fsp3) is 0.385. The highest BCUT2D eigenvalue weighted by Gasteiger charge is 2.34. The molecule has 5 heteroatoms. The summed E-state index contributed by atoms with van der Waals surface area (Å²) >= 11 is 0. The molecule has 1 heterocycles. The molecule has 0 aliphatic carbocycles. The first-order chi connectivity index (χ1) is 8.65. The number of ether oxygens (including phenoxy) is 1. The Morgan fingerprint density at radius 2 is 2.06 bits per heavy atom. The van der Waals surface area contributed by atoms with Gasteiger partial charge in [0.15, 0.2) is 0 Å². The van der Waals surface area contributed by atoms with E-state index < -0.39 is 0 Å². The largest absolute Gasteiger partial charge is 0.497 e. The molecular formula is C13H16N2O3. The number of benzene rings is 1. The molecule has 96 valence electrons. The fourth-order valence-electron chi connectivity index (χ4n) is 2.10. The predicted octanol–water partition coefficient (Wildman–Crippen LogP) is 0.794. The van der Waals surface area contributed by atoms with E-state index in [1.165, 1.54) is 0 Å². The van der Waals surface area contributed by atoms with Gasteiger partial charge in [-0.25, -0.2) is 0 Å². The molecule has 1 aliphatic rings. The molecule has 1 aromatic rings. The van der Waals surface area contributed by atoms with Crippen LogP contribution in [0.5, 0.6) is 5.75 Å². The Hall–Kier alpha value is -2.04.